The van der Waals surface area contributed by atoms with Gasteiger partial charge in [0.25, 0.3) is 0 Å². The third-order valence-corrected chi connectivity index (χ3v) is 5.14. The van der Waals surface area contributed by atoms with Crippen LogP contribution in [0.2, 0.25) is 0 Å². The van der Waals surface area contributed by atoms with Gasteiger partial charge in [0, 0.05) is 12.7 Å². The number of hydrogen-bond donors (Lipinski definition) is 0. The van der Waals surface area contributed by atoms with Crippen molar-refractivity contribution in [3.8, 4) is 0 Å². The van der Waals surface area contributed by atoms with E-state index in [2.05, 4.69) is 32.1 Å². The highest BCUT2D eigenvalue weighted by Crippen LogP contribution is 2.47. The van der Waals surface area contributed by atoms with Crippen LogP contribution in [-0.2, 0) is 4.74 Å². The standard InChI is InChI=1S/C18H26O2/c1-12(2)4-5-14-10-13-6-7-17-15(8-9-20-17)16(13)11-18(14)19-3/h6-9,12-14,16,18H,4-5,10-11H2,1-3H3. The third-order valence-electron chi connectivity index (χ3n) is 5.14. The van der Waals surface area contributed by atoms with Crippen molar-refractivity contribution in [3.63, 3.8) is 0 Å². The van der Waals surface area contributed by atoms with Gasteiger partial charge in [-0.1, -0.05) is 26.3 Å². The largest absolute Gasteiger partial charge is 0.465 e. The lowest BCUT2D eigenvalue weighted by molar-refractivity contribution is 0.000134. The molecule has 1 fully saturated rings. The molecule has 0 spiro atoms. The molecule has 0 radical (unpaired) electrons. The lowest BCUT2D eigenvalue weighted by Gasteiger charge is -2.41. The molecule has 0 amide bonds. The molecule has 110 valence electrons. The predicted molar refractivity (Wildman–Crippen MR) is 81.6 cm³/mol. The average Bonchev–Trinajstić information content (AvgIpc) is 2.92. The van der Waals surface area contributed by atoms with Gasteiger partial charge in [0.1, 0.15) is 5.76 Å². The summed E-state index contributed by atoms with van der Waals surface area (Å²) in [5.41, 5.74) is 1.39. The predicted octanol–water partition coefficient (Wildman–Crippen LogP) is 4.87. The second-order valence-corrected chi connectivity index (χ2v) is 6.85. The molecule has 1 aromatic rings. The SMILES string of the molecule is COC1CC2c3ccoc3C=CC2CC1CCC(C)C. The Morgan fingerprint density at radius 1 is 1.35 bits per heavy atom. The highest BCUT2D eigenvalue weighted by Gasteiger charge is 2.39. The molecule has 0 saturated heterocycles. The summed E-state index contributed by atoms with van der Waals surface area (Å²) in [5.74, 6) is 3.81. The van der Waals surface area contributed by atoms with Crippen LogP contribution in [0.1, 0.15) is 56.8 Å². The highest BCUT2D eigenvalue weighted by molar-refractivity contribution is 5.53. The lowest BCUT2D eigenvalue weighted by atomic mass is 9.67. The first-order chi connectivity index (χ1) is 9.69. The molecule has 20 heavy (non-hydrogen) atoms. The molecule has 1 aromatic heterocycles. The molecular formula is C18H26O2. The second kappa shape index (κ2) is 5.77. The first-order valence-electron chi connectivity index (χ1n) is 7.97. The minimum absolute atomic E-state index is 0.407. The number of methoxy groups -OCH3 is 1. The summed E-state index contributed by atoms with van der Waals surface area (Å²) in [5, 5.41) is 0. The molecule has 1 saturated carbocycles. The molecule has 3 rings (SSSR count). The summed E-state index contributed by atoms with van der Waals surface area (Å²) in [6, 6.07) is 2.15. The van der Waals surface area contributed by atoms with Crippen molar-refractivity contribution in [1.29, 1.82) is 0 Å². The number of rotatable bonds is 4. The van der Waals surface area contributed by atoms with Crippen LogP contribution in [0.3, 0.4) is 0 Å². The van der Waals surface area contributed by atoms with Crippen molar-refractivity contribution in [2.45, 2.75) is 51.6 Å². The Morgan fingerprint density at radius 2 is 2.20 bits per heavy atom. The van der Waals surface area contributed by atoms with Crippen LogP contribution >= 0.6 is 0 Å². The van der Waals surface area contributed by atoms with Crippen LogP contribution in [0.15, 0.2) is 22.8 Å². The van der Waals surface area contributed by atoms with Gasteiger partial charge in [0.15, 0.2) is 0 Å². The molecule has 2 aliphatic carbocycles. The second-order valence-electron chi connectivity index (χ2n) is 6.85. The van der Waals surface area contributed by atoms with Gasteiger partial charge >= 0.3 is 0 Å². The molecule has 1 heterocycles. The van der Waals surface area contributed by atoms with Crippen molar-refractivity contribution in [2.75, 3.05) is 7.11 Å². The monoisotopic (exact) mass is 274 g/mol. The van der Waals surface area contributed by atoms with Gasteiger partial charge in [-0.25, -0.2) is 0 Å². The van der Waals surface area contributed by atoms with Crippen LogP contribution in [0.25, 0.3) is 6.08 Å². The number of allylic oxidation sites excluding steroid dienone is 1. The number of ether oxygens (including phenoxy) is 1. The molecular weight excluding hydrogens is 248 g/mol. The Hall–Kier alpha value is -1.02. The van der Waals surface area contributed by atoms with Crippen molar-refractivity contribution in [3.05, 3.63) is 29.7 Å². The fourth-order valence-electron chi connectivity index (χ4n) is 3.98. The van der Waals surface area contributed by atoms with Crippen LogP contribution < -0.4 is 0 Å². The maximum atomic E-state index is 5.82. The molecule has 2 aliphatic rings. The Morgan fingerprint density at radius 3 is 2.95 bits per heavy atom. The average molecular weight is 274 g/mol. The van der Waals surface area contributed by atoms with Crippen LogP contribution in [0.5, 0.6) is 0 Å². The fourth-order valence-corrected chi connectivity index (χ4v) is 3.98. The Labute approximate surface area is 122 Å². The molecule has 0 bridgehead atoms. The molecule has 4 unspecified atom stereocenters. The van der Waals surface area contributed by atoms with Crippen molar-refractivity contribution in [2.24, 2.45) is 17.8 Å². The van der Waals surface area contributed by atoms with E-state index in [0.29, 0.717) is 23.9 Å². The number of furan rings is 1. The number of hydrogen-bond acceptors (Lipinski definition) is 2. The lowest BCUT2D eigenvalue weighted by Crippen LogP contribution is -2.36. The van der Waals surface area contributed by atoms with Gasteiger partial charge in [-0.15, -0.1) is 0 Å². The summed E-state index contributed by atoms with van der Waals surface area (Å²) in [6.45, 7) is 4.62. The molecule has 4 atom stereocenters. The van der Waals surface area contributed by atoms with E-state index in [9.17, 15) is 0 Å². The van der Waals surface area contributed by atoms with E-state index in [0.717, 1.165) is 18.1 Å². The Balaban J connectivity index is 1.75. The maximum Gasteiger partial charge on any atom is 0.129 e. The van der Waals surface area contributed by atoms with Crippen LogP contribution in [0, 0.1) is 17.8 Å². The number of fused-ring (bicyclic) bond motifs is 3. The summed E-state index contributed by atoms with van der Waals surface area (Å²) in [4.78, 5) is 0. The summed E-state index contributed by atoms with van der Waals surface area (Å²) >= 11 is 0. The first kappa shape index (κ1) is 13.9. The van der Waals surface area contributed by atoms with Gasteiger partial charge in [-0.05, 0) is 55.1 Å². The fraction of sp³-hybridized carbons (Fsp3) is 0.667. The van der Waals surface area contributed by atoms with Crippen molar-refractivity contribution >= 4 is 6.08 Å². The smallest absolute Gasteiger partial charge is 0.129 e. The summed E-state index contributed by atoms with van der Waals surface area (Å²) in [6.07, 6.45) is 11.8. The molecule has 0 aliphatic heterocycles. The van der Waals surface area contributed by atoms with Gasteiger partial charge in [0.05, 0.1) is 12.4 Å². The molecule has 2 heteroatoms. The minimum Gasteiger partial charge on any atom is -0.465 e. The first-order valence-corrected chi connectivity index (χ1v) is 7.97. The molecule has 0 N–H and O–H groups in total. The van der Waals surface area contributed by atoms with E-state index in [-0.39, 0.29) is 0 Å². The normalized spacial score (nSPS) is 32.2. The topological polar surface area (TPSA) is 22.4 Å². The van der Waals surface area contributed by atoms with E-state index in [1.54, 1.807) is 0 Å². The summed E-state index contributed by atoms with van der Waals surface area (Å²) < 4.78 is 11.4. The van der Waals surface area contributed by atoms with Crippen LogP contribution in [-0.4, -0.2) is 13.2 Å². The Bertz CT molecular complexity index is 472. The zero-order chi connectivity index (χ0) is 14.1. The Kier molecular flexibility index (Phi) is 4.02. The quantitative estimate of drug-likeness (QED) is 0.781. The van der Waals surface area contributed by atoms with Gasteiger partial charge in [-0.2, -0.15) is 0 Å². The zero-order valence-electron chi connectivity index (χ0n) is 12.8. The van der Waals surface area contributed by atoms with E-state index in [1.165, 1.54) is 24.8 Å². The molecule has 2 nitrogen and oxygen atoms in total. The van der Waals surface area contributed by atoms with Crippen molar-refractivity contribution < 1.29 is 9.15 Å². The van der Waals surface area contributed by atoms with E-state index < -0.39 is 0 Å². The zero-order valence-corrected chi connectivity index (χ0v) is 12.8. The maximum absolute atomic E-state index is 5.82. The van der Waals surface area contributed by atoms with Crippen molar-refractivity contribution in [1.82, 2.24) is 0 Å². The van der Waals surface area contributed by atoms with Crippen LogP contribution in [0.4, 0.5) is 0 Å². The van der Waals surface area contributed by atoms with Gasteiger partial charge in [-0.3, -0.25) is 0 Å². The van der Waals surface area contributed by atoms with E-state index >= 15 is 0 Å². The summed E-state index contributed by atoms with van der Waals surface area (Å²) in [7, 11) is 1.88. The highest BCUT2D eigenvalue weighted by atomic mass is 16.5. The van der Waals surface area contributed by atoms with E-state index in [1.807, 2.05) is 13.4 Å². The third kappa shape index (κ3) is 2.58. The molecule has 0 aromatic carbocycles. The minimum atomic E-state index is 0.407. The van der Waals surface area contributed by atoms with E-state index in [4.69, 9.17) is 9.15 Å². The van der Waals surface area contributed by atoms with Gasteiger partial charge in [0.2, 0.25) is 0 Å². The van der Waals surface area contributed by atoms with Gasteiger partial charge < -0.3 is 9.15 Å².